The Bertz CT molecular complexity index is 972. The first kappa shape index (κ1) is 20.3. The van der Waals surface area contributed by atoms with Gasteiger partial charge in [-0.25, -0.2) is 0 Å². The number of ether oxygens (including phenoxy) is 2. The molecule has 6 nitrogen and oxygen atoms in total. The van der Waals surface area contributed by atoms with Crippen molar-refractivity contribution in [1.29, 1.82) is 0 Å². The van der Waals surface area contributed by atoms with Crippen molar-refractivity contribution < 1.29 is 23.0 Å². The number of halogens is 2. The van der Waals surface area contributed by atoms with Crippen LogP contribution in [0.2, 0.25) is 0 Å². The molecule has 1 heterocycles. The highest BCUT2D eigenvalue weighted by atomic mass is 19.3. The number of hydrogen-bond donors (Lipinski definition) is 1. The van der Waals surface area contributed by atoms with Gasteiger partial charge in [-0.3, -0.25) is 9.48 Å². The fraction of sp³-hybridized carbons (Fsp3) is 0.238. The van der Waals surface area contributed by atoms with Crippen LogP contribution in [0, 0.1) is 6.92 Å². The number of anilines is 1. The third kappa shape index (κ3) is 5.54. The first-order chi connectivity index (χ1) is 13.9. The van der Waals surface area contributed by atoms with E-state index in [1.165, 1.54) is 23.8 Å². The van der Waals surface area contributed by atoms with Crippen molar-refractivity contribution in [1.82, 2.24) is 9.78 Å². The van der Waals surface area contributed by atoms with Crippen LogP contribution in [0.1, 0.15) is 28.4 Å². The Labute approximate surface area is 167 Å². The van der Waals surface area contributed by atoms with Gasteiger partial charge in [0.2, 0.25) is 0 Å². The minimum atomic E-state index is -2.98. The van der Waals surface area contributed by atoms with Gasteiger partial charge in [-0.1, -0.05) is 29.8 Å². The molecular weight excluding hydrogens is 380 g/mol. The Kier molecular flexibility index (Phi) is 6.43. The third-order valence-corrected chi connectivity index (χ3v) is 4.07. The van der Waals surface area contributed by atoms with Crippen molar-refractivity contribution >= 4 is 11.7 Å². The molecule has 0 fully saturated rings. The molecule has 152 valence electrons. The smallest absolute Gasteiger partial charge is 0.387 e. The minimum absolute atomic E-state index is 0.0744. The molecule has 0 radical (unpaired) electrons. The molecule has 0 spiro atoms. The molecule has 2 aromatic carbocycles. The van der Waals surface area contributed by atoms with E-state index in [0.29, 0.717) is 12.4 Å². The lowest BCUT2D eigenvalue weighted by atomic mass is 10.1. The van der Waals surface area contributed by atoms with Crippen molar-refractivity contribution in [3.05, 3.63) is 71.4 Å². The molecule has 0 aliphatic carbocycles. The first-order valence-electron chi connectivity index (χ1n) is 9.06. The van der Waals surface area contributed by atoms with Crippen LogP contribution >= 0.6 is 0 Å². The van der Waals surface area contributed by atoms with E-state index in [1.807, 2.05) is 31.2 Å². The number of rotatable bonds is 8. The van der Waals surface area contributed by atoms with Gasteiger partial charge in [0, 0.05) is 17.8 Å². The maximum absolute atomic E-state index is 12.5. The highest BCUT2D eigenvalue weighted by Gasteiger charge is 2.15. The standard InChI is InChI=1S/C21H21F2N3O3/c1-3-28-18-12-16(8-9-17(18)29-21(22)23)20(27)24-19-10-11-26(25-19)13-15-6-4-14(2)5-7-15/h4-12,21H,3,13H2,1-2H3,(H,24,25,27). The quantitative estimate of drug-likeness (QED) is 0.604. The lowest BCUT2D eigenvalue weighted by Crippen LogP contribution is -2.13. The van der Waals surface area contributed by atoms with Gasteiger partial charge in [-0.05, 0) is 37.6 Å². The molecule has 0 unspecified atom stereocenters. The van der Waals surface area contributed by atoms with Crippen molar-refractivity contribution in [3.63, 3.8) is 0 Å². The van der Waals surface area contributed by atoms with E-state index < -0.39 is 12.5 Å². The zero-order chi connectivity index (χ0) is 20.8. The fourth-order valence-electron chi connectivity index (χ4n) is 2.70. The number of benzene rings is 2. The van der Waals surface area contributed by atoms with E-state index in [4.69, 9.17) is 4.74 Å². The summed E-state index contributed by atoms with van der Waals surface area (Å²) in [7, 11) is 0. The molecule has 8 heteroatoms. The molecule has 0 saturated heterocycles. The summed E-state index contributed by atoms with van der Waals surface area (Å²) in [5, 5.41) is 7.03. The fourth-order valence-corrected chi connectivity index (χ4v) is 2.70. The zero-order valence-corrected chi connectivity index (χ0v) is 16.1. The number of aryl methyl sites for hydroxylation is 1. The van der Waals surface area contributed by atoms with Gasteiger partial charge in [-0.2, -0.15) is 13.9 Å². The maximum Gasteiger partial charge on any atom is 0.387 e. The average molecular weight is 401 g/mol. The Balaban J connectivity index is 1.69. The van der Waals surface area contributed by atoms with Gasteiger partial charge in [0.25, 0.3) is 5.91 Å². The topological polar surface area (TPSA) is 65.4 Å². The lowest BCUT2D eigenvalue weighted by molar-refractivity contribution is -0.0514. The predicted octanol–water partition coefficient (Wildman–Crippen LogP) is 4.49. The SMILES string of the molecule is CCOc1cc(C(=O)Nc2ccn(Cc3ccc(C)cc3)n2)ccc1OC(F)F. The first-order valence-corrected chi connectivity index (χ1v) is 9.06. The van der Waals surface area contributed by atoms with E-state index in [9.17, 15) is 13.6 Å². The van der Waals surface area contributed by atoms with Crippen molar-refractivity contribution in [2.45, 2.75) is 27.0 Å². The molecule has 1 amide bonds. The second kappa shape index (κ2) is 9.18. The molecule has 3 aromatic rings. The summed E-state index contributed by atoms with van der Waals surface area (Å²) in [5.74, 6) is -0.103. The number of carbonyl (C=O) groups is 1. The van der Waals surface area contributed by atoms with E-state index in [2.05, 4.69) is 15.2 Å². The van der Waals surface area contributed by atoms with Crippen LogP contribution in [0.4, 0.5) is 14.6 Å². The summed E-state index contributed by atoms with van der Waals surface area (Å²) in [6, 6.07) is 13.8. The number of alkyl halides is 2. The van der Waals surface area contributed by atoms with Gasteiger partial charge in [0.05, 0.1) is 13.2 Å². The number of aromatic nitrogens is 2. The molecule has 0 aliphatic rings. The van der Waals surface area contributed by atoms with E-state index in [-0.39, 0.29) is 23.7 Å². The van der Waals surface area contributed by atoms with Crippen LogP contribution in [-0.2, 0) is 6.54 Å². The molecule has 0 atom stereocenters. The minimum Gasteiger partial charge on any atom is -0.490 e. The number of nitrogens with zero attached hydrogens (tertiary/aromatic N) is 2. The van der Waals surface area contributed by atoms with E-state index >= 15 is 0 Å². The molecule has 3 rings (SSSR count). The monoisotopic (exact) mass is 401 g/mol. The second-order valence-corrected chi connectivity index (χ2v) is 6.31. The summed E-state index contributed by atoms with van der Waals surface area (Å²) in [4.78, 5) is 12.5. The molecule has 29 heavy (non-hydrogen) atoms. The van der Waals surface area contributed by atoms with Gasteiger partial charge >= 0.3 is 6.61 Å². The van der Waals surface area contributed by atoms with Crippen molar-refractivity contribution in [2.75, 3.05) is 11.9 Å². The normalized spacial score (nSPS) is 10.8. The van der Waals surface area contributed by atoms with Crippen LogP contribution < -0.4 is 14.8 Å². The number of hydrogen-bond acceptors (Lipinski definition) is 4. The Morgan fingerprint density at radius 3 is 2.59 bits per heavy atom. The highest BCUT2D eigenvalue weighted by molar-refractivity contribution is 6.04. The van der Waals surface area contributed by atoms with E-state index in [1.54, 1.807) is 23.9 Å². The second-order valence-electron chi connectivity index (χ2n) is 6.31. The predicted molar refractivity (Wildman–Crippen MR) is 105 cm³/mol. The Hall–Kier alpha value is -3.42. The van der Waals surface area contributed by atoms with Crippen molar-refractivity contribution in [2.24, 2.45) is 0 Å². The summed E-state index contributed by atoms with van der Waals surface area (Å²) >= 11 is 0. The number of nitrogens with one attached hydrogen (secondary N) is 1. The van der Waals surface area contributed by atoms with Crippen LogP contribution in [0.25, 0.3) is 0 Å². The molecule has 0 bridgehead atoms. The summed E-state index contributed by atoms with van der Waals surface area (Å²) in [6.45, 7) is 1.57. The lowest BCUT2D eigenvalue weighted by Gasteiger charge is -2.12. The van der Waals surface area contributed by atoms with Gasteiger partial charge < -0.3 is 14.8 Å². The summed E-state index contributed by atoms with van der Waals surface area (Å²) in [5.41, 5.74) is 2.51. The maximum atomic E-state index is 12.5. The van der Waals surface area contributed by atoms with E-state index in [0.717, 1.165) is 5.56 Å². The molecule has 1 aromatic heterocycles. The zero-order valence-electron chi connectivity index (χ0n) is 16.1. The number of amides is 1. The average Bonchev–Trinajstić information content (AvgIpc) is 3.11. The highest BCUT2D eigenvalue weighted by Crippen LogP contribution is 2.30. The Morgan fingerprint density at radius 1 is 1.14 bits per heavy atom. The van der Waals surface area contributed by atoms with Crippen molar-refractivity contribution in [3.8, 4) is 11.5 Å². The van der Waals surface area contributed by atoms with Crippen LogP contribution in [0.5, 0.6) is 11.5 Å². The molecular formula is C21H21F2N3O3. The molecule has 0 aliphatic heterocycles. The van der Waals surface area contributed by atoms with Crippen LogP contribution in [0.15, 0.2) is 54.7 Å². The third-order valence-electron chi connectivity index (χ3n) is 4.07. The van der Waals surface area contributed by atoms with Crippen LogP contribution in [-0.4, -0.2) is 28.9 Å². The Morgan fingerprint density at radius 2 is 1.90 bits per heavy atom. The van der Waals surface area contributed by atoms with Gasteiger partial charge in [0.1, 0.15) is 0 Å². The summed E-state index contributed by atoms with van der Waals surface area (Å²) < 4.78 is 36.4. The molecule has 0 saturated carbocycles. The molecule has 1 N–H and O–H groups in total. The largest absolute Gasteiger partial charge is 0.490 e. The van der Waals surface area contributed by atoms with Gasteiger partial charge in [-0.15, -0.1) is 0 Å². The van der Waals surface area contributed by atoms with Gasteiger partial charge in [0.15, 0.2) is 17.3 Å². The summed E-state index contributed by atoms with van der Waals surface area (Å²) in [6.07, 6.45) is 1.76. The van der Waals surface area contributed by atoms with Crippen LogP contribution in [0.3, 0.4) is 0 Å². The number of carbonyl (C=O) groups excluding carboxylic acids is 1.